The van der Waals surface area contributed by atoms with E-state index in [1.807, 2.05) is 37.3 Å². The molecule has 18 heavy (non-hydrogen) atoms. The molecule has 0 atom stereocenters. The van der Waals surface area contributed by atoms with Gasteiger partial charge in [-0.15, -0.1) is 11.6 Å². The molecule has 0 spiro atoms. The molecule has 0 radical (unpaired) electrons. The van der Waals surface area contributed by atoms with Crippen molar-refractivity contribution in [3.8, 4) is 0 Å². The van der Waals surface area contributed by atoms with E-state index in [1.165, 1.54) is 0 Å². The summed E-state index contributed by atoms with van der Waals surface area (Å²) in [6.45, 7) is 3.90. The van der Waals surface area contributed by atoms with Gasteiger partial charge < -0.3 is 9.64 Å². The van der Waals surface area contributed by atoms with Gasteiger partial charge in [-0.3, -0.25) is 4.79 Å². The Morgan fingerprint density at radius 3 is 2.67 bits per heavy atom. The van der Waals surface area contributed by atoms with E-state index in [4.69, 9.17) is 16.3 Å². The van der Waals surface area contributed by atoms with Crippen LogP contribution in [0.3, 0.4) is 0 Å². The minimum absolute atomic E-state index is 0.00652. The number of rotatable bonds is 8. The van der Waals surface area contributed by atoms with Crippen molar-refractivity contribution in [2.75, 3.05) is 25.6 Å². The number of benzene rings is 1. The molecule has 0 heterocycles. The number of hydrogen-bond donors (Lipinski definition) is 0. The molecule has 4 heteroatoms. The zero-order chi connectivity index (χ0) is 13.2. The maximum absolute atomic E-state index is 12.0. The van der Waals surface area contributed by atoms with Crippen molar-refractivity contribution >= 4 is 17.5 Å². The summed E-state index contributed by atoms with van der Waals surface area (Å²) in [6, 6.07) is 9.89. The fraction of sp³-hybridized carbons (Fsp3) is 0.500. The Balaban J connectivity index is 2.50. The maximum Gasteiger partial charge on any atom is 0.248 e. The summed E-state index contributed by atoms with van der Waals surface area (Å²) in [4.78, 5) is 13.7. The van der Waals surface area contributed by atoms with Crippen LogP contribution in [0.15, 0.2) is 30.3 Å². The van der Waals surface area contributed by atoms with Crippen molar-refractivity contribution in [1.29, 1.82) is 0 Å². The first-order chi connectivity index (χ1) is 8.77. The molecule has 0 aliphatic heterocycles. The number of hydrogen-bond acceptors (Lipinski definition) is 2. The van der Waals surface area contributed by atoms with Crippen LogP contribution in [0.2, 0.25) is 0 Å². The Labute approximate surface area is 114 Å². The summed E-state index contributed by atoms with van der Waals surface area (Å²) < 4.78 is 5.28. The molecular weight excluding hydrogens is 250 g/mol. The van der Waals surface area contributed by atoms with Crippen LogP contribution in [0.25, 0.3) is 0 Å². The summed E-state index contributed by atoms with van der Waals surface area (Å²) in [6.07, 6.45) is 0.918. The highest BCUT2D eigenvalue weighted by Gasteiger charge is 2.13. The molecule has 0 bridgehead atoms. The van der Waals surface area contributed by atoms with E-state index in [0.29, 0.717) is 25.6 Å². The molecule has 0 saturated carbocycles. The molecule has 0 aliphatic carbocycles. The molecule has 100 valence electrons. The number of halogens is 1. The van der Waals surface area contributed by atoms with E-state index in [1.54, 1.807) is 4.90 Å². The van der Waals surface area contributed by atoms with Gasteiger partial charge in [0, 0.05) is 25.6 Å². The van der Waals surface area contributed by atoms with E-state index in [2.05, 4.69) is 0 Å². The fourth-order valence-electron chi connectivity index (χ4n) is 1.59. The molecule has 0 N–H and O–H groups in total. The molecule has 0 unspecified atom stereocenters. The predicted octanol–water partition coefficient (Wildman–Crippen LogP) is 2.68. The molecule has 0 aliphatic rings. The van der Waals surface area contributed by atoms with Crippen LogP contribution in [-0.2, 0) is 16.1 Å². The number of amides is 1. The minimum atomic E-state index is -0.00652. The lowest BCUT2D eigenvalue weighted by atomic mass is 10.2. The second kappa shape index (κ2) is 8.95. The van der Waals surface area contributed by atoms with Gasteiger partial charge in [0.1, 0.15) is 6.61 Å². The standard InChI is InChI=1S/C14H20ClNO2/c1-2-10-18-12-14(17)16(9-8-15)11-13-6-4-3-5-7-13/h3-7H,2,8-12H2,1H3. The lowest BCUT2D eigenvalue weighted by molar-refractivity contribution is -0.136. The Bertz CT molecular complexity index is 343. The van der Waals surface area contributed by atoms with Crippen LogP contribution in [0.1, 0.15) is 18.9 Å². The molecule has 1 amide bonds. The van der Waals surface area contributed by atoms with E-state index in [0.717, 1.165) is 12.0 Å². The van der Waals surface area contributed by atoms with Gasteiger partial charge in [0.05, 0.1) is 0 Å². The van der Waals surface area contributed by atoms with Gasteiger partial charge in [0.25, 0.3) is 0 Å². The van der Waals surface area contributed by atoms with Crippen molar-refractivity contribution < 1.29 is 9.53 Å². The molecule has 0 fully saturated rings. The third-order valence-corrected chi connectivity index (χ3v) is 2.67. The zero-order valence-electron chi connectivity index (χ0n) is 10.8. The van der Waals surface area contributed by atoms with E-state index in [9.17, 15) is 4.79 Å². The average Bonchev–Trinajstić information content (AvgIpc) is 2.39. The predicted molar refractivity (Wildman–Crippen MR) is 73.7 cm³/mol. The van der Waals surface area contributed by atoms with Gasteiger partial charge in [0.2, 0.25) is 5.91 Å². The van der Waals surface area contributed by atoms with E-state index >= 15 is 0 Å². The van der Waals surface area contributed by atoms with E-state index < -0.39 is 0 Å². The maximum atomic E-state index is 12.0. The highest BCUT2D eigenvalue weighted by Crippen LogP contribution is 2.05. The van der Waals surface area contributed by atoms with Gasteiger partial charge in [-0.25, -0.2) is 0 Å². The molecule has 1 aromatic carbocycles. The van der Waals surface area contributed by atoms with Crippen LogP contribution in [0, 0.1) is 0 Å². The second-order valence-corrected chi connectivity index (χ2v) is 4.42. The van der Waals surface area contributed by atoms with Crippen LogP contribution in [0.5, 0.6) is 0 Å². The van der Waals surface area contributed by atoms with Gasteiger partial charge in [-0.1, -0.05) is 37.3 Å². The number of alkyl halides is 1. The highest BCUT2D eigenvalue weighted by molar-refractivity contribution is 6.18. The summed E-state index contributed by atoms with van der Waals surface area (Å²) in [5.41, 5.74) is 1.10. The fourth-order valence-corrected chi connectivity index (χ4v) is 1.80. The molecule has 1 rings (SSSR count). The monoisotopic (exact) mass is 269 g/mol. The lowest BCUT2D eigenvalue weighted by Gasteiger charge is -2.21. The summed E-state index contributed by atoms with van der Waals surface area (Å²) >= 11 is 5.73. The van der Waals surface area contributed by atoms with Crippen molar-refractivity contribution in [1.82, 2.24) is 4.90 Å². The number of carbonyl (C=O) groups excluding carboxylic acids is 1. The van der Waals surface area contributed by atoms with Gasteiger partial charge >= 0.3 is 0 Å². The van der Waals surface area contributed by atoms with Crippen molar-refractivity contribution in [2.24, 2.45) is 0 Å². The topological polar surface area (TPSA) is 29.5 Å². The van der Waals surface area contributed by atoms with Crippen LogP contribution in [-0.4, -0.2) is 36.4 Å². The van der Waals surface area contributed by atoms with Crippen molar-refractivity contribution in [2.45, 2.75) is 19.9 Å². The van der Waals surface area contributed by atoms with Crippen LogP contribution >= 0.6 is 11.6 Å². The third kappa shape index (κ3) is 5.52. The van der Waals surface area contributed by atoms with E-state index in [-0.39, 0.29) is 12.5 Å². The quantitative estimate of drug-likeness (QED) is 0.536. The first-order valence-corrected chi connectivity index (χ1v) is 6.76. The largest absolute Gasteiger partial charge is 0.372 e. The normalized spacial score (nSPS) is 10.3. The summed E-state index contributed by atoms with van der Waals surface area (Å²) in [7, 11) is 0. The Morgan fingerprint density at radius 1 is 1.33 bits per heavy atom. The average molecular weight is 270 g/mol. The van der Waals surface area contributed by atoms with Gasteiger partial charge in [-0.2, -0.15) is 0 Å². The number of ether oxygens (including phenoxy) is 1. The molecular formula is C14H20ClNO2. The minimum Gasteiger partial charge on any atom is -0.372 e. The SMILES string of the molecule is CCCOCC(=O)N(CCCl)Cc1ccccc1. The Kier molecular flexibility index (Phi) is 7.46. The van der Waals surface area contributed by atoms with Crippen LogP contribution in [0.4, 0.5) is 0 Å². The summed E-state index contributed by atoms with van der Waals surface area (Å²) in [5.74, 6) is 0.430. The number of carbonyl (C=O) groups is 1. The Morgan fingerprint density at radius 2 is 2.06 bits per heavy atom. The van der Waals surface area contributed by atoms with Gasteiger partial charge in [-0.05, 0) is 12.0 Å². The van der Waals surface area contributed by atoms with Crippen molar-refractivity contribution in [3.63, 3.8) is 0 Å². The molecule has 0 saturated heterocycles. The number of nitrogens with zero attached hydrogens (tertiary/aromatic N) is 1. The molecule has 1 aromatic rings. The zero-order valence-corrected chi connectivity index (χ0v) is 11.5. The van der Waals surface area contributed by atoms with Crippen LogP contribution < -0.4 is 0 Å². The summed E-state index contributed by atoms with van der Waals surface area (Å²) in [5, 5.41) is 0. The van der Waals surface area contributed by atoms with Crippen molar-refractivity contribution in [3.05, 3.63) is 35.9 Å². The highest BCUT2D eigenvalue weighted by atomic mass is 35.5. The lowest BCUT2D eigenvalue weighted by Crippen LogP contribution is -2.35. The van der Waals surface area contributed by atoms with Gasteiger partial charge in [0.15, 0.2) is 0 Å². The third-order valence-electron chi connectivity index (χ3n) is 2.50. The first-order valence-electron chi connectivity index (χ1n) is 6.23. The molecule has 3 nitrogen and oxygen atoms in total. The molecule has 0 aromatic heterocycles. The second-order valence-electron chi connectivity index (χ2n) is 4.04. The smallest absolute Gasteiger partial charge is 0.248 e. The first kappa shape index (κ1) is 15.0. The Hall–Kier alpha value is -1.06.